The third kappa shape index (κ3) is 1.84. The van der Waals surface area contributed by atoms with Gasteiger partial charge in [-0.1, -0.05) is 44.1 Å². The van der Waals surface area contributed by atoms with E-state index >= 15 is 0 Å². The van der Waals surface area contributed by atoms with Crippen LogP contribution >= 0.6 is 0 Å². The van der Waals surface area contributed by atoms with Crippen molar-refractivity contribution in [3.63, 3.8) is 0 Å². The standard InChI is InChI=1S/C21H30O2/c1-18-10-6-16-19(2)8-5-9-20(3,17(22)23-4)15(19)7-11-21(16,14-18)13-12-18/h6,12-13,15H,5,7-11,14H2,1-4H3/t15-,18+,19+,20+,21-/m0/s1. The second kappa shape index (κ2) is 4.52. The van der Waals surface area contributed by atoms with E-state index < -0.39 is 0 Å². The molecule has 0 aliphatic heterocycles. The van der Waals surface area contributed by atoms with E-state index in [1.54, 1.807) is 12.7 Å². The van der Waals surface area contributed by atoms with Crippen LogP contribution in [0.5, 0.6) is 0 Å². The van der Waals surface area contributed by atoms with Crippen molar-refractivity contribution in [3.05, 3.63) is 23.8 Å². The fraction of sp³-hybridized carbons (Fsp3) is 0.762. The van der Waals surface area contributed by atoms with E-state index in [9.17, 15) is 4.79 Å². The Kier molecular flexibility index (Phi) is 3.04. The van der Waals surface area contributed by atoms with Crippen molar-refractivity contribution in [2.75, 3.05) is 7.11 Å². The van der Waals surface area contributed by atoms with Gasteiger partial charge in [-0.25, -0.2) is 0 Å². The van der Waals surface area contributed by atoms with Crippen molar-refractivity contribution in [1.29, 1.82) is 0 Å². The highest BCUT2D eigenvalue weighted by molar-refractivity contribution is 5.77. The van der Waals surface area contributed by atoms with Gasteiger partial charge in [-0.15, -0.1) is 0 Å². The van der Waals surface area contributed by atoms with Gasteiger partial charge in [-0.3, -0.25) is 4.79 Å². The highest BCUT2D eigenvalue weighted by atomic mass is 16.5. The number of allylic oxidation sites excluding steroid dienone is 4. The van der Waals surface area contributed by atoms with E-state index in [0.29, 0.717) is 11.3 Å². The van der Waals surface area contributed by atoms with Crippen LogP contribution in [-0.4, -0.2) is 13.1 Å². The van der Waals surface area contributed by atoms with Crippen molar-refractivity contribution in [1.82, 2.24) is 0 Å². The maximum atomic E-state index is 12.6. The van der Waals surface area contributed by atoms with Crippen LogP contribution in [0.3, 0.4) is 0 Å². The maximum absolute atomic E-state index is 12.6. The fourth-order valence-corrected chi connectivity index (χ4v) is 6.88. The van der Waals surface area contributed by atoms with E-state index in [1.807, 2.05) is 0 Å². The van der Waals surface area contributed by atoms with Crippen molar-refractivity contribution in [3.8, 4) is 0 Å². The lowest BCUT2D eigenvalue weighted by Gasteiger charge is -2.60. The molecule has 0 heterocycles. The Morgan fingerprint density at radius 3 is 2.70 bits per heavy atom. The maximum Gasteiger partial charge on any atom is 0.311 e. The summed E-state index contributed by atoms with van der Waals surface area (Å²) in [6, 6.07) is 0. The van der Waals surface area contributed by atoms with Gasteiger partial charge in [0.15, 0.2) is 0 Å². The van der Waals surface area contributed by atoms with Crippen LogP contribution in [-0.2, 0) is 9.53 Å². The summed E-state index contributed by atoms with van der Waals surface area (Å²) in [6.07, 6.45) is 15.7. The third-order valence-electron chi connectivity index (χ3n) is 7.91. The van der Waals surface area contributed by atoms with Crippen molar-refractivity contribution in [2.45, 2.75) is 65.7 Å². The zero-order chi connectivity index (χ0) is 16.5. The minimum atomic E-state index is -0.312. The van der Waals surface area contributed by atoms with Gasteiger partial charge in [0, 0.05) is 5.41 Å². The van der Waals surface area contributed by atoms with Crippen molar-refractivity contribution >= 4 is 5.97 Å². The first-order chi connectivity index (χ1) is 10.8. The van der Waals surface area contributed by atoms with Gasteiger partial charge >= 0.3 is 5.97 Å². The topological polar surface area (TPSA) is 26.3 Å². The molecule has 4 rings (SSSR count). The minimum absolute atomic E-state index is 0.00702. The van der Waals surface area contributed by atoms with Crippen molar-refractivity contribution < 1.29 is 9.53 Å². The molecule has 2 bridgehead atoms. The largest absolute Gasteiger partial charge is 0.469 e. The first-order valence-corrected chi connectivity index (χ1v) is 9.28. The number of rotatable bonds is 1. The van der Waals surface area contributed by atoms with Crippen LogP contribution in [0, 0.1) is 27.6 Å². The van der Waals surface area contributed by atoms with Gasteiger partial charge in [-0.05, 0) is 62.2 Å². The summed E-state index contributed by atoms with van der Waals surface area (Å²) in [6.45, 7) is 7.01. The summed E-state index contributed by atoms with van der Waals surface area (Å²) in [5.41, 5.74) is 2.16. The minimum Gasteiger partial charge on any atom is -0.469 e. The highest BCUT2D eigenvalue weighted by Crippen LogP contribution is 2.70. The van der Waals surface area contributed by atoms with Crippen LogP contribution in [0.15, 0.2) is 23.8 Å². The van der Waals surface area contributed by atoms with Gasteiger partial charge in [0.1, 0.15) is 0 Å². The molecule has 23 heavy (non-hydrogen) atoms. The predicted octanol–water partition coefficient (Wildman–Crippen LogP) is 5.05. The highest BCUT2D eigenvalue weighted by Gasteiger charge is 2.62. The molecule has 2 heteroatoms. The molecule has 1 spiro atoms. The molecule has 0 N–H and O–H groups in total. The monoisotopic (exact) mass is 314 g/mol. The summed E-state index contributed by atoms with van der Waals surface area (Å²) in [7, 11) is 1.55. The molecule has 4 aliphatic rings. The van der Waals surface area contributed by atoms with Crippen LogP contribution in [0.1, 0.15) is 65.7 Å². The van der Waals surface area contributed by atoms with Crippen LogP contribution in [0.2, 0.25) is 0 Å². The molecule has 0 aromatic rings. The number of esters is 1. The predicted molar refractivity (Wildman–Crippen MR) is 91.8 cm³/mol. The van der Waals surface area contributed by atoms with E-state index in [2.05, 4.69) is 39.0 Å². The molecule has 2 nitrogen and oxygen atoms in total. The van der Waals surface area contributed by atoms with Gasteiger partial charge in [0.25, 0.3) is 0 Å². The van der Waals surface area contributed by atoms with Crippen LogP contribution < -0.4 is 0 Å². The molecule has 0 saturated heterocycles. The molecule has 126 valence electrons. The molecule has 0 unspecified atom stereocenters. The number of carbonyl (C=O) groups is 1. The second-order valence-electron chi connectivity index (χ2n) is 9.41. The van der Waals surface area contributed by atoms with Gasteiger partial charge < -0.3 is 4.74 Å². The van der Waals surface area contributed by atoms with Crippen LogP contribution in [0.4, 0.5) is 0 Å². The molecule has 2 fully saturated rings. The summed E-state index contributed by atoms with van der Waals surface area (Å²) in [5.74, 6) is 0.430. The fourth-order valence-electron chi connectivity index (χ4n) is 6.88. The number of hydrogen-bond donors (Lipinski definition) is 0. The van der Waals surface area contributed by atoms with Gasteiger partial charge in [0.2, 0.25) is 0 Å². The molecule has 0 aromatic carbocycles. The van der Waals surface area contributed by atoms with E-state index in [1.165, 1.54) is 19.3 Å². The quantitative estimate of drug-likeness (QED) is 0.500. The molecule has 0 amide bonds. The Bertz CT molecular complexity index is 617. The number of carbonyl (C=O) groups excluding carboxylic acids is 1. The smallest absolute Gasteiger partial charge is 0.311 e. The van der Waals surface area contributed by atoms with Crippen molar-refractivity contribution in [2.24, 2.45) is 27.6 Å². The summed E-state index contributed by atoms with van der Waals surface area (Å²) in [5, 5.41) is 0. The molecule has 4 aliphatic carbocycles. The van der Waals surface area contributed by atoms with Gasteiger partial charge in [-0.2, -0.15) is 0 Å². The number of ether oxygens (including phenoxy) is 1. The Hall–Kier alpha value is -1.05. The first-order valence-electron chi connectivity index (χ1n) is 9.28. The van der Waals surface area contributed by atoms with E-state index in [-0.39, 0.29) is 22.2 Å². The lowest BCUT2D eigenvalue weighted by atomic mass is 9.43. The lowest BCUT2D eigenvalue weighted by Crippen LogP contribution is -2.54. The molecule has 0 radical (unpaired) electrons. The second-order valence-corrected chi connectivity index (χ2v) is 9.41. The summed E-state index contributed by atoms with van der Waals surface area (Å²) >= 11 is 0. The Morgan fingerprint density at radius 1 is 1.17 bits per heavy atom. The number of hydrogen-bond acceptors (Lipinski definition) is 2. The Labute approximate surface area is 140 Å². The Balaban J connectivity index is 1.79. The Morgan fingerprint density at radius 2 is 1.96 bits per heavy atom. The van der Waals surface area contributed by atoms with Gasteiger partial charge in [0.05, 0.1) is 12.5 Å². The zero-order valence-corrected chi connectivity index (χ0v) is 15.1. The third-order valence-corrected chi connectivity index (χ3v) is 7.91. The molecule has 5 atom stereocenters. The van der Waals surface area contributed by atoms with Crippen LogP contribution in [0.25, 0.3) is 0 Å². The number of methoxy groups -OCH3 is 1. The van der Waals surface area contributed by atoms with E-state index in [0.717, 1.165) is 25.7 Å². The lowest BCUT2D eigenvalue weighted by molar-refractivity contribution is -0.165. The summed E-state index contributed by atoms with van der Waals surface area (Å²) < 4.78 is 5.23. The zero-order valence-electron chi connectivity index (χ0n) is 15.1. The summed E-state index contributed by atoms with van der Waals surface area (Å²) in [4.78, 5) is 12.6. The molecule has 0 aromatic heterocycles. The average molecular weight is 314 g/mol. The molecule has 2 saturated carbocycles. The SMILES string of the molecule is COC(=O)[C@]1(C)CCC[C@@]2(C)C3=CC[C@]4(C)C=C[C@@]3(CC[C@H]12)C4. The molecular formula is C21H30O2. The molecular weight excluding hydrogens is 284 g/mol. The number of fused-ring (bicyclic) bond motifs is 3. The average Bonchev–Trinajstić information content (AvgIpc) is 2.76. The first kappa shape index (κ1) is 15.5. The normalized spacial score (nSPS) is 50.8. The van der Waals surface area contributed by atoms with E-state index in [4.69, 9.17) is 4.74 Å².